The van der Waals surface area contributed by atoms with Gasteiger partial charge in [-0.1, -0.05) is 17.7 Å². The second-order valence-electron chi connectivity index (χ2n) is 6.16. The van der Waals surface area contributed by atoms with Gasteiger partial charge in [0, 0.05) is 19.0 Å². The molecule has 0 spiro atoms. The van der Waals surface area contributed by atoms with E-state index in [1.165, 1.54) is 12.1 Å². The Balaban J connectivity index is 1.74. The lowest BCUT2D eigenvalue weighted by molar-refractivity contribution is -0.126. The summed E-state index contributed by atoms with van der Waals surface area (Å²) in [5.41, 5.74) is 0.785. The second-order valence-corrected chi connectivity index (χ2v) is 6.57. The van der Waals surface area contributed by atoms with Crippen LogP contribution in [0.4, 0.5) is 4.39 Å². The smallest absolute Gasteiger partial charge is 0.242 e. The number of nitrogens with zero attached hydrogens (tertiary/aromatic N) is 1. The first kappa shape index (κ1) is 16.2. The van der Waals surface area contributed by atoms with Gasteiger partial charge in [0.05, 0.1) is 11.1 Å². The number of benzene rings is 1. The Kier molecular flexibility index (Phi) is 4.55. The molecule has 0 aromatic heterocycles. The maximum absolute atomic E-state index is 13.8. The molecule has 7 heteroatoms. The third-order valence-electron chi connectivity index (χ3n) is 4.57. The van der Waals surface area contributed by atoms with Crippen LogP contribution in [0.1, 0.15) is 30.9 Å². The molecule has 0 bridgehead atoms. The van der Waals surface area contributed by atoms with Crippen molar-refractivity contribution >= 4 is 23.4 Å². The van der Waals surface area contributed by atoms with Crippen molar-refractivity contribution in [2.75, 3.05) is 13.6 Å². The third-order valence-corrected chi connectivity index (χ3v) is 4.88. The Morgan fingerprint density at radius 3 is 2.87 bits per heavy atom. The van der Waals surface area contributed by atoms with Gasteiger partial charge in [0.25, 0.3) is 0 Å². The van der Waals surface area contributed by atoms with Gasteiger partial charge in [-0.05, 0) is 37.6 Å². The number of halogens is 2. The van der Waals surface area contributed by atoms with E-state index in [0.29, 0.717) is 12.8 Å². The molecule has 2 aliphatic heterocycles. The van der Waals surface area contributed by atoms with Crippen LogP contribution in [-0.4, -0.2) is 42.4 Å². The van der Waals surface area contributed by atoms with E-state index in [4.69, 9.17) is 11.6 Å². The maximum Gasteiger partial charge on any atom is 0.242 e. The molecule has 124 valence electrons. The van der Waals surface area contributed by atoms with Gasteiger partial charge in [-0.25, -0.2) is 4.39 Å². The number of rotatable bonds is 3. The minimum atomic E-state index is -0.462. The molecule has 2 heterocycles. The summed E-state index contributed by atoms with van der Waals surface area (Å²) in [4.78, 5) is 25.6. The fourth-order valence-corrected chi connectivity index (χ4v) is 3.49. The zero-order valence-electron chi connectivity index (χ0n) is 12.8. The van der Waals surface area contributed by atoms with Gasteiger partial charge < -0.3 is 10.6 Å². The van der Waals surface area contributed by atoms with Crippen LogP contribution in [0.25, 0.3) is 0 Å². The molecule has 3 rings (SSSR count). The van der Waals surface area contributed by atoms with Gasteiger partial charge in [-0.2, -0.15) is 0 Å². The van der Waals surface area contributed by atoms with Crippen molar-refractivity contribution in [3.63, 3.8) is 0 Å². The molecule has 3 atom stereocenters. The number of hydrogen-bond acceptors (Lipinski definition) is 3. The Morgan fingerprint density at radius 1 is 1.43 bits per heavy atom. The number of carbonyl (C=O) groups excluding carboxylic acids is 2. The molecule has 2 amide bonds. The van der Waals surface area contributed by atoms with Crippen molar-refractivity contribution in [1.29, 1.82) is 0 Å². The molecule has 2 N–H and O–H groups in total. The quantitative estimate of drug-likeness (QED) is 0.879. The summed E-state index contributed by atoms with van der Waals surface area (Å²) < 4.78 is 13.8. The first-order valence-electron chi connectivity index (χ1n) is 7.70. The molecule has 0 aliphatic carbocycles. The van der Waals surface area contributed by atoms with Crippen molar-refractivity contribution in [3.05, 3.63) is 34.6 Å². The van der Waals surface area contributed by atoms with E-state index in [1.807, 2.05) is 7.05 Å². The van der Waals surface area contributed by atoms with Crippen LogP contribution in [0, 0.1) is 5.82 Å². The zero-order valence-corrected chi connectivity index (χ0v) is 13.6. The minimum Gasteiger partial charge on any atom is -0.350 e. The normalized spacial score (nSPS) is 28.0. The summed E-state index contributed by atoms with van der Waals surface area (Å²) in [6.07, 6.45) is 1.68. The van der Waals surface area contributed by atoms with Crippen molar-refractivity contribution in [3.8, 4) is 0 Å². The van der Waals surface area contributed by atoms with Crippen LogP contribution in [0.3, 0.4) is 0 Å². The number of carbonyl (C=O) groups is 2. The molecule has 1 aromatic rings. The third kappa shape index (κ3) is 3.33. The largest absolute Gasteiger partial charge is 0.350 e. The number of amides is 2. The lowest BCUT2D eigenvalue weighted by atomic mass is 9.99. The Labute approximate surface area is 139 Å². The predicted molar refractivity (Wildman–Crippen MR) is 84.5 cm³/mol. The first-order chi connectivity index (χ1) is 11.0. The molecular formula is C16H19ClFN3O2. The lowest BCUT2D eigenvalue weighted by Crippen LogP contribution is -2.47. The molecular weight excluding hydrogens is 321 g/mol. The number of hydrogen-bond donors (Lipinski definition) is 2. The standard InChI is InChI=1S/C16H19ClFN3O2/c1-21-7-6-12(20-16(23)13-4-5-14(22)19-13)15(21)9-2-3-10(17)11(18)8-9/h2-3,8,12-13,15H,4-7H2,1H3,(H,19,22)(H,20,23)/t12-,13-,15+/m1/s1. The van der Waals surface area contributed by atoms with Crippen LogP contribution >= 0.6 is 11.6 Å². The molecule has 2 saturated heterocycles. The highest BCUT2D eigenvalue weighted by Gasteiger charge is 2.36. The van der Waals surface area contributed by atoms with E-state index in [2.05, 4.69) is 15.5 Å². The van der Waals surface area contributed by atoms with Gasteiger partial charge in [-0.15, -0.1) is 0 Å². The Bertz CT molecular complexity index is 640. The van der Waals surface area contributed by atoms with Crippen LogP contribution in [0.2, 0.25) is 5.02 Å². The minimum absolute atomic E-state index is 0.0867. The predicted octanol–water partition coefficient (Wildman–Crippen LogP) is 1.62. The first-order valence-corrected chi connectivity index (χ1v) is 8.08. The van der Waals surface area contributed by atoms with E-state index < -0.39 is 11.9 Å². The molecule has 23 heavy (non-hydrogen) atoms. The van der Waals surface area contributed by atoms with Crippen LogP contribution < -0.4 is 10.6 Å². The molecule has 0 saturated carbocycles. The van der Waals surface area contributed by atoms with E-state index in [-0.39, 0.29) is 28.9 Å². The lowest BCUT2D eigenvalue weighted by Gasteiger charge is -2.27. The molecule has 0 unspecified atom stereocenters. The fraction of sp³-hybridized carbons (Fsp3) is 0.500. The van der Waals surface area contributed by atoms with Crippen LogP contribution in [0.5, 0.6) is 0 Å². The van der Waals surface area contributed by atoms with Gasteiger partial charge in [0.1, 0.15) is 11.9 Å². The Morgan fingerprint density at radius 2 is 2.22 bits per heavy atom. The van der Waals surface area contributed by atoms with Gasteiger partial charge in [0.2, 0.25) is 11.8 Å². The molecule has 5 nitrogen and oxygen atoms in total. The van der Waals surface area contributed by atoms with Crippen LogP contribution in [0.15, 0.2) is 18.2 Å². The summed E-state index contributed by atoms with van der Waals surface area (Å²) in [7, 11) is 1.95. The fourth-order valence-electron chi connectivity index (χ4n) is 3.38. The van der Waals surface area contributed by atoms with Crippen molar-refractivity contribution in [1.82, 2.24) is 15.5 Å². The van der Waals surface area contributed by atoms with E-state index in [1.54, 1.807) is 6.07 Å². The second kappa shape index (κ2) is 6.45. The highest BCUT2D eigenvalue weighted by Crippen LogP contribution is 2.32. The zero-order chi connectivity index (χ0) is 16.6. The SMILES string of the molecule is CN1CC[C@@H](NC(=O)[C@H]2CCC(=O)N2)[C@@H]1c1ccc(Cl)c(F)c1. The number of likely N-dealkylation sites (tertiary alicyclic amines) is 1. The molecule has 2 fully saturated rings. The topological polar surface area (TPSA) is 61.4 Å². The average molecular weight is 340 g/mol. The summed E-state index contributed by atoms with van der Waals surface area (Å²) in [6, 6.07) is 4.05. The molecule has 1 aromatic carbocycles. The number of nitrogens with one attached hydrogen (secondary N) is 2. The monoisotopic (exact) mass is 339 g/mol. The highest BCUT2D eigenvalue weighted by atomic mass is 35.5. The molecule has 2 aliphatic rings. The van der Waals surface area contributed by atoms with E-state index >= 15 is 0 Å². The van der Waals surface area contributed by atoms with Crippen LogP contribution in [-0.2, 0) is 9.59 Å². The Hall–Kier alpha value is -1.66. The van der Waals surface area contributed by atoms with E-state index in [0.717, 1.165) is 18.5 Å². The average Bonchev–Trinajstić information content (AvgIpc) is 3.09. The van der Waals surface area contributed by atoms with Gasteiger partial charge in [-0.3, -0.25) is 14.5 Å². The highest BCUT2D eigenvalue weighted by molar-refractivity contribution is 6.30. The van der Waals surface area contributed by atoms with Gasteiger partial charge >= 0.3 is 0 Å². The summed E-state index contributed by atoms with van der Waals surface area (Å²) >= 11 is 5.75. The van der Waals surface area contributed by atoms with Gasteiger partial charge in [0.15, 0.2) is 0 Å². The van der Waals surface area contributed by atoms with Crippen molar-refractivity contribution < 1.29 is 14.0 Å². The van der Waals surface area contributed by atoms with Crippen molar-refractivity contribution in [2.24, 2.45) is 0 Å². The summed E-state index contributed by atoms with van der Waals surface area (Å²) in [6.45, 7) is 0.802. The van der Waals surface area contributed by atoms with Crippen molar-refractivity contribution in [2.45, 2.75) is 37.4 Å². The maximum atomic E-state index is 13.8. The summed E-state index contributed by atoms with van der Waals surface area (Å²) in [5, 5.41) is 5.76. The number of likely N-dealkylation sites (N-methyl/N-ethyl adjacent to an activating group) is 1. The van der Waals surface area contributed by atoms with E-state index in [9.17, 15) is 14.0 Å². The molecule has 0 radical (unpaired) electrons. The summed E-state index contributed by atoms with van der Waals surface area (Å²) in [5.74, 6) is -0.724.